The molecule has 0 spiro atoms. The summed E-state index contributed by atoms with van der Waals surface area (Å²) in [5.41, 5.74) is 0.363. The van der Waals surface area contributed by atoms with Gasteiger partial charge in [0, 0.05) is 0 Å². The molecule has 0 aromatic heterocycles. The van der Waals surface area contributed by atoms with E-state index >= 15 is 0 Å². The third kappa shape index (κ3) is 2.07. The van der Waals surface area contributed by atoms with Crippen molar-refractivity contribution in [3.05, 3.63) is 0 Å². The highest BCUT2D eigenvalue weighted by molar-refractivity contribution is 5.73. The summed E-state index contributed by atoms with van der Waals surface area (Å²) in [5.74, 6) is 2.09. The van der Waals surface area contributed by atoms with E-state index in [0.29, 0.717) is 5.41 Å². The number of likely N-dealkylation sites (N-methyl/N-ethyl adjacent to an activating group) is 1. The fraction of sp³-hybridized carbons (Fsp3) is 0.933. The van der Waals surface area contributed by atoms with Gasteiger partial charge < -0.3 is 5.11 Å². The predicted octanol–water partition coefficient (Wildman–Crippen LogP) is 2.61. The molecule has 1 N–H and O–H groups in total. The Bertz CT molecular complexity index is 315. The lowest BCUT2D eigenvalue weighted by Gasteiger charge is -2.57. The minimum absolute atomic E-state index is 0.291. The van der Waals surface area contributed by atoms with Gasteiger partial charge in [0.25, 0.3) is 0 Å². The third-order valence-corrected chi connectivity index (χ3v) is 5.70. The van der Waals surface area contributed by atoms with Crippen LogP contribution in [-0.4, -0.2) is 36.1 Å². The molecule has 0 aliphatic heterocycles. The molecule has 3 heteroatoms. The highest BCUT2D eigenvalue weighted by Gasteiger charge is 2.52. The zero-order valence-corrected chi connectivity index (χ0v) is 11.6. The highest BCUT2D eigenvalue weighted by atomic mass is 16.4. The zero-order chi connectivity index (χ0) is 12.9. The minimum atomic E-state index is -0.643. The summed E-state index contributed by atoms with van der Waals surface area (Å²) in [6, 6.07) is -0.291. The number of hydrogen-bond acceptors (Lipinski definition) is 2. The maximum absolute atomic E-state index is 11.4. The Balaban J connectivity index is 1.77. The summed E-state index contributed by atoms with van der Waals surface area (Å²) in [7, 11) is 3.80. The summed E-state index contributed by atoms with van der Waals surface area (Å²) in [6.45, 7) is 0. The van der Waals surface area contributed by atoms with Crippen LogP contribution in [0.25, 0.3) is 0 Å². The van der Waals surface area contributed by atoms with Crippen LogP contribution in [0, 0.1) is 23.2 Å². The van der Waals surface area contributed by atoms with Crippen molar-refractivity contribution in [3.8, 4) is 0 Å². The number of aliphatic carboxylic acids is 1. The first-order valence-electron chi connectivity index (χ1n) is 7.37. The Morgan fingerprint density at radius 2 is 1.61 bits per heavy atom. The second-order valence-corrected chi connectivity index (χ2v) is 7.44. The van der Waals surface area contributed by atoms with Crippen LogP contribution in [0.2, 0.25) is 0 Å². The molecule has 3 nitrogen and oxygen atoms in total. The molecule has 0 amide bonds. The molecular formula is C15H25NO2. The van der Waals surface area contributed by atoms with Gasteiger partial charge in [-0.1, -0.05) is 0 Å². The average Bonchev–Trinajstić information content (AvgIpc) is 2.23. The van der Waals surface area contributed by atoms with Crippen LogP contribution >= 0.6 is 0 Å². The lowest BCUT2D eigenvalue weighted by molar-refractivity contribution is -0.146. The summed E-state index contributed by atoms with van der Waals surface area (Å²) < 4.78 is 0. The Morgan fingerprint density at radius 1 is 1.17 bits per heavy atom. The molecule has 4 bridgehead atoms. The van der Waals surface area contributed by atoms with Crippen molar-refractivity contribution in [1.82, 2.24) is 4.90 Å². The van der Waals surface area contributed by atoms with Gasteiger partial charge in [0.15, 0.2) is 0 Å². The van der Waals surface area contributed by atoms with Crippen LogP contribution in [-0.2, 0) is 4.79 Å². The van der Waals surface area contributed by atoms with Gasteiger partial charge in [-0.25, -0.2) is 0 Å². The standard InChI is InChI=1S/C15H25NO2/c1-16(2)13(14(17)18)9-15-6-10-3-11(7-15)5-12(4-10)8-15/h10-13H,3-9H2,1-2H3,(H,17,18). The number of carbonyl (C=O) groups is 1. The number of hydrogen-bond donors (Lipinski definition) is 1. The van der Waals surface area contributed by atoms with Crippen molar-refractivity contribution in [3.63, 3.8) is 0 Å². The summed E-state index contributed by atoms with van der Waals surface area (Å²) in [4.78, 5) is 13.3. The average molecular weight is 251 g/mol. The van der Waals surface area contributed by atoms with Crippen LogP contribution in [0.5, 0.6) is 0 Å². The van der Waals surface area contributed by atoms with Gasteiger partial charge in [-0.2, -0.15) is 0 Å². The van der Waals surface area contributed by atoms with Crippen molar-refractivity contribution < 1.29 is 9.90 Å². The normalized spacial score (nSPS) is 43.4. The maximum Gasteiger partial charge on any atom is 0.320 e. The van der Waals surface area contributed by atoms with E-state index in [2.05, 4.69) is 0 Å². The summed E-state index contributed by atoms with van der Waals surface area (Å²) >= 11 is 0. The Hall–Kier alpha value is -0.570. The number of carboxylic acids is 1. The van der Waals surface area contributed by atoms with Crippen molar-refractivity contribution in [2.24, 2.45) is 23.2 Å². The van der Waals surface area contributed by atoms with E-state index in [0.717, 1.165) is 24.2 Å². The molecule has 4 rings (SSSR count). The van der Waals surface area contributed by atoms with E-state index in [1.807, 2.05) is 19.0 Å². The van der Waals surface area contributed by atoms with Crippen LogP contribution in [0.4, 0.5) is 0 Å². The largest absolute Gasteiger partial charge is 0.480 e. The smallest absolute Gasteiger partial charge is 0.320 e. The molecule has 4 aliphatic carbocycles. The van der Waals surface area contributed by atoms with Crippen LogP contribution in [0.3, 0.4) is 0 Å². The first-order valence-corrected chi connectivity index (χ1v) is 7.37. The molecule has 0 aromatic rings. The van der Waals surface area contributed by atoms with E-state index < -0.39 is 5.97 Å². The van der Waals surface area contributed by atoms with Gasteiger partial charge in [-0.15, -0.1) is 0 Å². The van der Waals surface area contributed by atoms with Gasteiger partial charge in [-0.3, -0.25) is 9.69 Å². The molecule has 0 radical (unpaired) electrons. The van der Waals surface area contributed by atoms with E-state index in [-0.39, 0.29) is 6.04 Å². The molecule has 1 unspecified atom stereocenters. The first-order chi connectivity index (χ1) is 8.47. The van der Waals surface area contributed by atoms with Gasteiger partial charge in [0.05, 0.1) is 0 Å². The van der Waals surface area contributed by atoms with E-state index in [4.69, 9.17) is 0 Å². The van der Waals surface area contributed by atoms with Crippen LogP contribution < -0.4 is 0 Å². The van der Waals surface area contributed by atoms with Gasteiger partial charge in [0.1, 0.15) is 6.04 Å². The monoisotopic (exact) mass is 251 g/mol. The minimum Gasteiger partial charge on any atom is -0.480 e. The third-order valence-electron chi connectivity index (χ3n) is 5.70. The van der Waals surface area contributed by atoms with E-state index in [9.17, 15) is 9.90 Å². The van der Waals surface area contributed by atoms with Crippen LogP contribution in [0.1, 0.15) is 44.9 Å². The van der Waals surface area contributed by atoms with Gasteiger partial charge in [-0.05, 0) is 82.2 Å². The topological polar surface area (TPSA) is 40.5 Å². The number of rotatable bonds is 4. The van der Waals surface area contributed by atoms with Gasteiger partial charge in [0.2, 0.25) is 0 Å². The Labute approximate surface area is 110 Å². The lowest BCUT2D eigenvalue weighted by atomic mass is 9.48. The van der Waals surface area contributed by atoms with E-state index in [1.165, 1.54) is 38.5 Å². The molecule has 0 heterocycles. The van der Waals surface area contributed by atoms with Gasteiger partial charge >= 0.3 is 5.97 Å². The maximum atomic E-state index is 11.4. The molecule has 4 fully saturated rings. The van der Waals surface area contributed by atoms with Crippen molar-refractivity contribution >= 4 is 5.97 Å². The SMILES string of the molecule is CN(C)C(CC12CC3CC(CC(C3)C1)C2)C(=O)O. The van der Waals surface area contributed by atoms with Crippen molar-refractivity contribution in [2.45, 2.75) is 51.0 Å². The molecule has 4 aliphatic rings. The molecule has 0 saturated heterocycles. The summed E-state index contributed by atoms with van der Waals surface area (Å²) in [6.07, 6.45) is 9.07. The zero-order valence-electron chi connectivity index (χ0n) is 11.6. The van der Waals surface area contributed by atoms with Crippen LogP contribution in [0.15, 0.2) is 0 Å². The molecule has 1 atom stereocenters. The van der Waals surface area contributed by atoms with Crippen molar-refractivity contribution in [1.29, 1.82) is 0 Å². The number of carboxylic acid groups (broad SMARTS) is 1. The second-order valence-electron chi connectivity index (χ2n) is 7.44. The molecule has 0 aromatic carbocycles. The highest BCUT2D eigenvalue weighted by Crippen LogP contribution is 2.61. The fourth-order valence-corrected chi connectivity index (χ4v) is 5.44. The van der Waals surface area contributed by atoms with Crippen molar-refractivity contribution in [2.75, 3.05) is 14.1 Å². The quantitative estimate of drug-likeness (QED) is 0.835. The summed E-state index contributed by atoms with van der Waals surface area (Å²) in [5, 5.41) is 9.40. The number of nitrogens with zero attached hydrogens (tertiary/aromatic N) is 1. The van der Waals surface area contributed by atoms with E-state index in [1.54, 1.807) is 0 Å². The fourth-order valence-electron chi connectivity index (χ4n) is 5.44. The molecule has 18 heavy (non-hydrogen) atoms. The lowest BCUT2D eigenvalue weighted by Crippen LogP contribution is -2.50. The second kappa shape index (κ2) is 4.22. The first kappa shape index (κ1) is 12.5. The predicted molar refractivity (Wildman–Crippen MR) is 70.3 cm³/mol. The molecule has 4 saturated carbocycles. The Kier molecular flexibility index (Phi) is 2.92. The molecule has 102 valence electrons. The molecular weight excluding hydrogens is 226 g/mol. The Morgan fingerprint density at radius 3 is 1.94 bits per heavy atom.